The van der Waals surface area contributed by atoms with Gasteiger partial charge in [0.15, 0.2) is 11.6 Å². The number of ketones is 1. The van der Waals surface area contributed by atoms with E-state index in [0.29, 0.717) is 10.5 Å². The van der Waals surface area contributed by atoms with Gasteiger partial charge in [-0.2, -0.15) is 9.78 Å². The number of ether oxygens (including phenoxy) is 1. The highest BCUT2D eigenvalue weighted by Gasteiger charge is 2.31. The Hall–Kier alpha value is -5.21. The third kappa shape index (κ3) is 4.22. The number of nitrogens with zero attached hydrogens (tertiary/aromatic N) is 11. The number of fused-ring (bicyclic) bond motifs is 1. The fraction of sp³-hybridized carbons (Fsp3) is 0.292. The van der Waals surface area contributed by atoms with E-state index in [1.54, 1.807) is 6.92 Å². The van der Waals surface area contributed by atoms with Gasteiger partial charge in [0.2, 0.25) is 0 Å². The van der Waals surface area contributed by atoms with E-state index in [1.165, 1.54) is 13.3 Å². The minimum atomic E-state index is -3.95. The highest BCUT2D eigenvalue weighted by Crippen LogP contribution is 2.32. The van der Waals surface area contributed by atoms with Gasteiger partial charge >= 0.3 is 0 Å². The number of rotatable bonds is 6. The molecule has 0 bridgehead atoms. The summed E-state index contributed by atoms with van der Waals surface area (Å²) in [6.07, 6.45) is 2.49. The normalized spacial score (nSPS) is 24.5. The number of hydrogen-bond donors (Lipinski definition) is 1. The van der Waals surface area contributed by atoms with Crippen LogP contribution in [-0.4, -0.2) is 99.5 Å². The lowest BCUT2D eigenvalue weighted by Crippen LogP contribution is -2.51. The minimum Gasteiger partial charge on any atom is -0.494 e. The highest BCUT2D eigenvalue weighted by atomic mass is 16.5. The number of carbonyl (C=O) groups is 2. The molecule has 6 rings (SSSR count). The predicted molar refractivity (Wildman–Crippen MR) is 137 cm³/mol. The molecule has 1 aliphatic heterocycles. The van der Waals surface area contributed by atoms with E-state index in [4.69, 9.17) is 23.9 Å². The molecule has 1 saturated heterocycles. The molecule has 39 heavy (non-hydrogen) atoms. The van der Waals surface area contributed by atoms with Crippen LogP contribution in [0.1, 0.15) is 40.9 Å². The third-order valence-electron chi connectivity index (χ3n) is 5.32. The number of H-pyrrole nitrogens is 1. The van der Waals surface area contributed by atoms with Crippen molar-refractivity contribution in [2.24, 2.45) is 0 Å². The molecular weight excluding hydrogens is 504 g/mol. The summed E-state index contributed by atoms with van der Waals surface area (Å²) >= 11 is 0. The number of nitrogens with one attached hydrogen (secondary N) is 1. The molecule has 5 aromatic heterocycles. The number of aryl methyl sites for hydroxylation is 1. The molecule has 5 aromatic rings. The second-order valence-corrected chi connectivity index (χ2v) is 7.80. The summed E-state index contributed by atoms with van der Waals surface area (Å²) in [7, 11) is -3.12. The fourth-order valence-corrected chi connectivity index (χ4v) is 3.56. The van der Waals surface area contributed by atoms with Crippen LogP contribution < -0.4 is 9.64 Å². The lowest BCUT2D eigenvalue weighted by Gasteiger charge is -2.34. The van der Waals surface area contributed by atoms with Gasteiger partial charge < -0.3 is 19.5 Å². The lowest BCUT2D eigenvalue weighted by molar-refractivity contribution is -0.126. The first-order valence-corrected chi connectivity index (χ1v) is 10.9. The zero-order chi connectivity index (χ0) is 39.4. The lowest BCUT2D eigenvalue weighted by atomic mass is 10.1. The maximum atomic E-state index is 14.0. The second-order valence-electron chi connectivity index (χ2n) is 7.80. The summed E-state index contributed by atoms with van der Waals surface area (Å²) in [5.74, 6) is -5.96. The van der Waals surface area contributed by atoms with Crippen molar-refractivity contribution in [2.45, 2.75) is 13.8 Å². The Kier molecular flexibility index (Phi) is 3.20. The summed E-state index contributed by atoms with van der Waals surface area (Å²) < 4.78 is 124. The Morgan fingerprint density at radius 1 is 1.15 bits per heavy atom. The van der Waals surface area contributed by atoms with Gasteiger partial charge in [0.05, 0.1) is 48.9 Å². The van der Waals surface area contributed by atoms with Crippen molar-refractivity contribution >= 4 is 28.5 Å². The van der Waals surface area contributed by atoms with Gasteiger partial charge in [-0.3, -0.25) is 9.59 Å². The number of hydrogen-bond acceptors (Lipinski definition) is 11. The van der Waals surface area contributed by atoms with E-state index in [-0.39, 0.29) is 21.8 Å². The van der Waals surface area contributed by atoms with Gasteiger partial charge in [-0.25, -0.2) is 19.6 Å². The topological polar surface area (TPSA) is 166 Å². The van der Waals surface area contributed by atoms with Crippen LogP contribution in [-0.2, 0) is 4.79 Å². The maximum absolute atomic E-state index is 14.0. The first-order chi connectivity index (χ1) is 24.4. The number of methoxy groups -OCH3 is 1. The standard InChI is InChI=1S/C24H24N12O3/c1-14-4-5-18(25-10-14)36-24(29-31-32-36)34-8-6-33(7-9-34)23(38)21(37)16-11-26-20-19(16)17(39-3)12-27-22(20)35-13-28-15(2)30-35/h4-5,10-13,26H,6-9H2,1-3H3/i3D3,4D,5D,6D2,7D2,8D2,9D2,10D. The van der Waals surface area contributed by atoms with Crippen LogP contribution in [0.15, 0.2) is 37.0 Å². The Labute approximate surface area is 241 Å². The van der Waals surface area contributed by atoms with Crippen LogP contribution in [0, 0.1) is 13.8 Å². The Bertz CT molecular complexity index is 2290. The van der Waals surface area contributed by atoms with Crippen molar-refractivity contribution in [3.63, 3.8) is 0 Å². The Balaban J connectivity index is 1.48. The van der Waals surface area contributed by atoms with E-state index < -0.39 is 96.3 Å². The number of aromatic amines is 1. The van der Waals surface area contributed by atoms with Crippen molar-refractivity contribution in [2.75, 3.05) is 37.9 Å². The van der Waals surface area contributed by atoms with E-state index >= 15 is 0 Å². The molecule has 0 saturated carbocycles. The number of pyridine rings is 2. The molecule has 1 fully saturated rings. The second kappa shape index (κ2) is 9.59. The monoisotopic (exact) mass is 542 g/mol. The largest absolute Gasteiger partial charge is 0.494 e. The van der Waals surface area contributed by atoms with Gasteiger partial charge in [0, 0.05) is 38.4 Å². The number of tetrazole rings is 1. The quantitative estimate of drug-likeness (QED) is 0.237. The van der Waals surface area contributed by atoms with Crippen molar-refractivity contribution in [3.05, 3.63) is 53.9 Å². The van der Waals surface area contributed by atoms with E-state index in [2.05, 4.69) is 40.6 Å². The van der Waals surface area contributed by atoms with Crippen LogP contribution in [0.2, 0.25) is 0 Å². The van der Waals surface area contributed by atoms with Gasteiger partial charge in [0.1, 0.15) is 17.9 Å². The average molecular weight is 543 g/mol. The van der Waals surface area contributed by atoms with E-state index in [0.717, 1.165) is 17.1 Å². The van der Waals surface area contributed by atoms with Crippen LogP contribution in [0.5, 0.6) is 5.75 Å². The van der Waals surface area contributed by atoms with Gasteiger partial charge in [-0.05, 0) is 35.9 Å². The first-order valence-electron chi connectivity index (χ1n) is 17.9. The number of amides is 1. The van der Waals surface area contributed by atoms with Crippen molar-refractivity contribution in [1.82, 2.24) is 54.8 Å². The highest BCUT2D eigenvalue weighted by molar-refractivity contribution is 6.45. The number of anilines is 1. The Morgan fingerprint density at radius 2 is 2.00 bits per heavy atom. The van der Waals surface area contributed by atoms with Crippen molar-refractivity contribution in [3.8, 4) is 17.4 Å². The van der Waals surface area contributed by atoms with Crippen molar-refractivity contribution in [1.29, 1.82) is 0 Å². The predicted octanol–water partition coefficient (Wildman–Crippen LogP) is 0.671. The maximum Gasteiger partial charge on any atom is 0.295 e. The molecule has 198 valence electrons. The molecule has 0 spiro atoms. The molecule has 1 N–H and O–H groups in total. The van der Waals surface area contributed by atoms with Crippen molar-refractivity contribution < 1.29 is 33.5 Å². The SMILES string of the molecule is [2H]c1nc(-n2nnnc2N2C([2H])([2H])C([2H])([2H])N(C(=O)C(=O)c3c[nH]c4c(-n5cnc(C)n5)ncc(OC([2H])([2H])[2H])c34)C([2H])([2H])C2([2H])[2H])c([2H])c([2H])c1C. The summed E-state index contributed by atoms with van der Waals surface area (Å²) in [4.78, 5) is 41.9. The number of Topliss-reactive ketones (excluding diaryl/α,β-unsaturated/α-hetero) is 1. The molecule has 1 aliphatic rings. The molecule has 6 heterocycles. The van der Waals surface area contributed by atoms with E-state index in [1.807, 2.05) is 0 Å². The van der Waals surface area contributed by atoms with Crippen LogP contribution in [0.25, 0.3) is 22.5 Å². The molecule has 0 unspecified atom stereocenters. The van der Waals surface area contributed by atoms with E-state index in [9.17, 15) is 9.59 Å². The first kappa shape index (κ1) is 13.0. The van der Waals surface area contributed by atoms with Gasteiger partial charge in [-0.15, -0.1) is 0 Å². The summed E-state index contributed by atoms with van der Waals surface area (Å²) in [6, 6.07) is -1.22. The molecule has 0 aromatic carbocycles. The average Bonchev–Trinajstić information content (AvgIpc) is 3.80. The van der Waals surface area contributed by atoms with Crippen LogP contribution in [0.4, 0.5) is 5.95 Å². The molecule has 1 amide bonds. The summed E-state index contributed by atoms with van der Waals surface area (Å²) in [5, 5.41) is 14.1. The van der Waals surface area contributed by atoms with Crippen LogP contribution >= 0.6 is 0 Å². The van der Waals surface area contributed by atoms with Gasteiger partial charge in [-0.1, -0.05) is 11.1 Å². The summed E-state index contributed by atoms with van der Waals surface area (Å²) in [6.45, 7) is -12.7. The molecular formula is C24H24N12O3. The smallest absolute Gasteiger partial charge is 0.295 e. The molecule has 0 radical (unpaired) electrons. The van der Waals surface area contributed by atoms with Gasteiger partial charge in [0.25, 0.3) is 17.6 Å². The molecule has 0 aliphatic carbocycles. The summed E-state index contributed by atoms with van der Waals surface area (Å²) in [5.41, 5.74) is -0.877. The number of carbonyl (C=O) groups excluding carboxylic acids is 2. The Morgan fingerprint density at radius 3 is 2.77 bits per heavy atom. The molecule has 15 heteroatoms. The minimum absolute atomic E-state index is 0.0308. The number of aromatic nitrogens is 10. The fourth-order valence-electron chi connectivity index (χ4n) is 3.56. The third-order valence-corrected chi connectivity index (χ3v) is 5.32. The molecule has 15 nitrogen and oxygen atoms in total. The number of piperazine rings is 1. The zero-order valence-electron chi connectivity index (χ0n) is 33.9. The van der Waals surface area contributed by atoms with Crippen LogP contribution in [0.3, 0.4) is 0 Å². The zero-order valence-corrected chi connectivity index (χ0v) is 19.9. The molecule has 0 atom stereocenters.